The van der Waals surface area contributed by atoms with Crippen molar-refractivity contribution in [3.05, 3.63) is 53.3 Å². The van der Waals surface area contributed by atoms with Crippen molar-refractivity contribution in [1.29, 1.82) is 5.41 Å². The Labute approximate surface area is 220 Å². The van der Waals surface area contributed by atoms with E-state index >= 15 is 0 Å². The minimum Gasteiger partial charge on any atom is -0.492 e. The van der Waals surface area contributed by atoms with Gasteiger partial charge in [0.15, 0.2) is 0 Å². The predicted octanol–water partition coefficient (Wildman–Crippen LogP) is 6.44. The molecule has 7 nitrogen and oxygen atoms in total. The van der Waals surface area contributed by atoms with E-state index in [9.17, 15) is 0 Å². The Hall–Kier alpha value is -1.14. The number of benzene rings is 2. The number of hydrazone groups is 2. The lowest BCUT2D eigenvalue weighted by Gasteiger charge is -2.10. The molecule has 0 amide bonds. The molecule has 0 aromatic heterocycles. The molecule has 3 N–H and O–H groups in total. The number of ether oxygens (including phenoxy) is 2. The van der Waals surface area contributed by atoms with Gasteiger partial charge in [-0.05, 0) is 70.0 Å². The smallest absolute Gasteiger partial charge is 0.230 e. The van der Waals surface area contributed by atoms with Crippen LogP contribution in [0.1, 0.15) is 25.0 Å². The van der Waals surface area contributed by atoms with E-state index in [4.69, 9.17) is 14.9 Å². The molecule has 0 fully saturated rings. The first-order chi connectivity index (χ1) is 14.3. The van der Waals surface area contributed by atoms with Crippen LogP contribution in [0.15, 0.2) is 52.4 Å². The summed E-state index contributed by atoms with van der Waals surface area (Å²) in [5.74, 6) is 1.25. The maximum Gasteiger partial charge on any atom is 0.230 e. The zero-order valence-corrected chi connectivity index (χ0v) is 23.7. The second-order valence-electron chi connectivity index (χ2n) is 5.59. The highest BCUT2D eigenvalue weighted by Crippen LogP contribution is 2.33. The van der Waals surface area contributed by atoms with Crippen molar-refractivity contribution in [3.8, 4) is 11.5 Å². The van der Waals surface area contributed by atoms with E-state index in [1.807, 2.05) is 38.1 Å². The van der Waals surface area contributed by atoms with Gasteiger partial charge in [-0.1, -0.05) is 31.9 Å². The van der Waals surface area contributed by atoms with Gasteiger partial charge in [-0.15, -0.1) is 12.4 Å². The molecule has 0 heterocycles. The van der Waals surface area contributed by atoms with Gasteiger partial charge in [0.1, 0.15) is 11.5 Å². The van der Waals surface area contributed by atoms with Crippen LogP contribution in [-0.2, 0) is 0 Å². The number of halogens is 5. The highest BCUT2D eigenvalue weighted by Gasteiger charge is 2.09. The van der Waals surface area contributed by atoms with Crippen LogP contribution in [0.3, 0.4) is 0 Å². The topological polar surface area (TPSA) is 91.1 Å². The molecule has 2 rings (SSSR count). The molecular weight excluding hydrogens is 685 g/mol. The number of nitrogens with zero attached hydrogens (tertiary/aromatic N) is 2. The van der Waals surface area contributed by atoms with Gasteiger partial charge >= 0.3 is 0 Å². The van der Waals surface area contributed by atoms with Gasteiger partial charge in [-0.3, -0.25) is 5.41 Å². The third-order valence-electron chi connectivity index (χ3n) is 3.41. The van der Waals surface area contributed by atoms with Crippen molar-refractivity contribution in [3.63, 3.8) is 0 Å². The van der Waals surface area contributed by atoms with Crippen molar-refractivity contribution in [2.45, 2.75) is 13.8 Å². The lowest BCUT2D eigenvalue weighted by atomic mass is 10.2. The van der Waals surface area contributed by atoms with Gasteiger partial charge in [0.25, 0.3) is 0 Å². The van der Waals surface area contributed by atoms with Crippen LogP contribution in [0, 0.1) is 5.41 Å². The van der Waals surface area contributed by atoms with E-state index in [-0.39, 0.29) is 18.4 Å². The molecule has 12 heteroatoms. The second kappa shape index (κ2) is 14.1. The average Bonchev–Trinajstić information content (AvgIpc) is 2.67. The molecule has 0 bridgehead atoms. The lowest BCUT2D eigenvalue weighted by molar-refractivity contribution is 0.337. The van der Waals surface area contributed by atoms with Gasteiger partial charge in [0.05, 0.1) is 34.6 Å². The quantitative estimate of drug-likeness (QED) is 0.168. The molecule has 31 heavy (non-hydrogen) atoms. The highest BCUT2D eigenvalue weighted by atomic mass is 79.9. The average molecular weight is 705 g/mol. The van der Waals surface area contributed by atoms with Crippen LogP contribution >= 0.6 is 76.1 Å². The molecule has 2 aromatic rings. The Morgan fingerprint density at radius 1 is 0.839 bits per heavy atom. The van der Waals surface area contributed by atoms with Crippen LogP contribution in [-0.4, -0.2) is 31.6 Å². The van der Waals surface area contributed by atoms with Crippen LogP contribution in [0.4, 0.5) is 0 Å². The molecule has 0 saturated carbocycles. The molecule has 0 radical (unpaired) electrons. The molecule has 0 spiro atoms. The summed E-state index contributed by atoms with van der Waals surface area (Å²) >= 11 is 13.8. The summed E-state index contributed by atoms with van der Waals surface area (Å²) < 4.78 is 14.7. The molecule has 0 aliphatic carbocycles. The number of hydrogen-bond donors (Lipinski definition) is 3. The largest absolute Gasteiger partial charge is 0.492 e. The van der Waals surface area contributed by atoms with Crippen molar-refractivity contribution in [2.75, 3.05) is 13.2 Å². The van der Waals surface area contributed by atoms with E-state index in [1.165, 1.54) is 0 Å². The normalized spacial score (nSPS) is 10.8. The van der Waals surface area contributed by atoms with Crippen LogP contribution in [0.2, 0.25) is 0 Å². The third kappa shape index (κ3) is 8.72. The summed E-state index contributed by atoms with van der Waals surface area (Å²) in [6, 6.07) is 7.53. The summed E-state index contributed by atoms with van der Waals surface area (Å²) in [6.45, 7) is 4.87. The summed E-state index contributed by atoms with van der Waals surface area (Å²) in [4.78, 5) is 0. The number of guanidine groups is 1. The first kappa shape index (κ1) is 27.9. The fourth-order valence-electron chi connectivity index (χ4n) is 2.30. The summed E-state index contributed by atoms with van der Waals surface area (Å²) in [5, 5.41) is 16.0. The van der Waals surface area contributed by atoms with Crippen molar-refractivity contribution in [1.82, 2.24) is 10.9 Å². The molecule has 2 aromatic carbocycles. The van der Waals surface area contributed by atoms with Crippen molar-refractivity contribution in [2.24, 2.45) is 10.2 Å². The van der Waals surface area contributed by atoms with E-state index in [0.29, 0.717) is 24.7 Å². The SMILES string of the molecule is CCOc1c(Br)cc(Br)cc1C=NNC(=N)NN=Cc1cc(Br)cc(Br)c1OCC.Cl. The standard InChI is InChI=1S/C19H19Br4N5O2.ClH/c1-3-29-17-11(5-13(20)7-15(17)22)9-25-27-19(24)28-26-10-12-6-14(21)8-16(23)18(12)30-4-2;/h5-10H,3-4H2,1-2H3,(H3,24,27,28);1H. The van der Waals surface area contributed by atoms with Crippen LogP contribution < -0.4 is 20.3 Å². The highest BCUT2D eigenvalue weighted by molar-refractivity contribution is 9.11. The summed E-state index contributed by atoms with van der Waals surface area (Å²) in [7, 11) is 0. The van der Waals surface area contributed by atoms with E-state index < -0.39 is 0 Å². The Balaban J connectivity index is 0.00000480. The fourth-order valence-corrected chi connectivity index (χ4v) is 5.05. The van der Waals surface area contributed by atoms with Crippen molar-refractivity contribution < 1.29 is 9.47 Å². The number of hydrogen-bond acceptors (Lipinski definition) is 5. The van der Waals surface area contributed by atoms with E-state index in [2.05, 4.69) is 84.8 Å². The third-order valence-corrected chi connectivity index (χ3v) is 5.51. The van der Waals surface area contributed by atoms with Gasteiger partial charge in [-0.2, -0.15) is 10.2 Å². The predicted molar refractivity (Wildman–Crippen MR) is 142 cm³/mol. The maximum absolute atomic E-state index is 7.91. The molecule has 0 atom stereocenters. The molecule has 0 aliphatic heterocycles. The molecule has 0 aliphatic rings. The summed E-state index contributed by atoms with van der Waals surface area (Å²) in [5.41, 5.74) is 6.66. The number of nitrogens with one attached hydrogen (secondary N) is 3. The zero-order valence-electron chi connectivity index (χ0n) is 16.5. The molecule has 0 unspecified atom stereocenters. The van der Waals surface area contributed by atoms with Crippen LogP contribution in [0.5, 0.6) is 11.5 Å². The Morgan fingerprint density at radius 2 is 1.23 bits per heavy atom. The Morgan fingerprint density at radius 3 is 1.58 bits per heavy atom. The molecule has 168 valence electrons. The van der Waals surface area contributed by atoms with Gasteiger partial charge in [0.2, 0.25) is 5.96 Å². The van der Waals surface area contributed by atoms with Gasteiger partial charge < -0.3 is 9.47 Å². The lowest BCUT2D eigenvalue weighted by Crippen LogP contribution is -2.29. The molecular formula is C19H20Br4ClN5O2. The Bertz CT molecular complexity index is 897. The van der Waals surface area contributed by atoms with E-state index in [0.717, 1.165) is 29.0 Å². The second-order valence-corrected chi connectivity index (χ2v) is 9.13. The Kier molecular flexibility index (Phi) is 12.7. The first-order valence-electron chi connectivity index (χ1n) is 8.76. The molecule has 0 saturated heterocycles. The maximum atomic E-state index is 7.91. The fraction of sp³-hybridized carbons (Fsp3) is 0.211. The summed E-state index contributed by atoms with van der Waals surface area (Å²) in [6.07, 6.45) is 3.14. The monoisotopic (exact) mass is 701 g/mol. The van der Waals surface area contributed by atoms with Gasteiger partial charge in [-0.25, -0.2) is 10.9 Å². The zero-order chi connectivity index (χ0) is 22.1. The van der Waals surface area contributed by atoms with Gasteiger partial charge in [0, 0.05) is 20.1 Å². The van der Waals surface area contributed by atoms with E-state index in [1.54, 1.807) is 12.4 Å². The van der Waals surface area contributed by atoms with Crippen LogP contribution in [0.25, 0.3) is 0 Å². The first-order valence-corrected chi connectivity index (χ1v) is 11.9. The minimum absolute atomic E-state index is 0. The number of rotatable bonds is 8. The minimum atomic E-state index is -0.0958. The van der Waals surface area contributed by atoms with Crippen molar-refractivity contribution >= 4 is 94.5 Å².